The van der Waals surface area contributed by atoms with Crippen LogP contribution in [0.4, 0.5) is 5.69 Å². The third-order valence-electron chi connectivity index (χ3n) is 6.10. The standard InChI is InChI=1S/C24H28N4O7S/c1-16-21(24(30)28(26(16)2)17-8-6-5-7-9-17)25-23(29)19-14-18(15-20(33-3)22(19)34-4)36(31,32)27-10-12-35-13-11-27/h5-9,14-15H,10-13H2,1-4H3,(H,25,29). The lowest BCUT2D eigenvalue weighted by Crippen LogP contribution is -2.40. The molecule has 1 aliphatic heterocycles. The number of nitrogens with one attached hydrogen (secondary N) is 1. The fraction of sp³-hybridized carbons (Fsp3) is 0.333. The average molecular weight is 517 g/mol. The largest absolute Gasteiger partial charge is 0.493 e. The number of morpholine rings is 1. The Hall–Kier alpha value is -3.61. The summed E-state index contributed by atoms with van der Waals surface area (Å²) in [5.74, 6) is -0.591. The molecule has 0 aliphatic carbocycles. The molecule has 1 N–H and O–H groups in total. The molecule has 192 valence electrons. The second-order valence-electron chi connectivity index (χ2n) is 8.11. The van der Waals surface area contributed by atoms with Crippen LogP contribution < -0.4 is 20.3 Å². The van der Waals surface area contributed by atoms with Gasteiger partial charge in [0.2, 0.25) is 10.0 Å². The molecule has 0 saturated carbocycles. The molecule has 36 heavy (non-hydrogen) atoms. The molecule has 2 aromatic carbocycles. The van der Waals surface area contributed by atoms with E-state index in [1.807, 2.05) is 6.07 Å². The molecular weight excluding hydrogens is 488 g/mol. The molecule has 2 heterocycles. The van der Waals surface area contributed by atoms with Crippen molar-refractivity contribution in [2.45, 2.75) is 11.8 Å². The van der Waals surface area contributed by atoms with E-state index in [2.05, 4.69) is 5.32 Å². The second-order valence-corrected chi connectivity index (χ2v) is 10.1. The van der Waals surface area contributed by atoms with Gasteiger partial charge in [0.05, 0.1) is 49.3 Å². The van der Waals surface area contributed by atoms with Gasteiger partial charge in [-0.05, 0) is 25.1 Å². The minimum absolute atomic E-state index is 0.0490. The Morgan fingerprint density at radius 1 is 1.06 bits per heavy atom. The number of sulfonamides is 1. The van der Waals surface area contributed by atoms with E-state index in [0.29, 0.717) is 11.4 Å². The third kappa shape index (κ3) is 4.50. The number of methoxy groups -OCH3 is 2. The highest BCUT2D eigenvalue weighted by Gasteiger charge is 2.30. The van der Waals surface area contributed by atoms with Gasteiger partial charge in [0.1, 0.15) is 5.69 Å². The highest BCUT2D eigenvalue weighted by molar-refractivity contribution is 7.89. The zero-order chi connectivity index (χ0) is 26.0. The van der Waals surface area contributed by atoms with Crippen molar-refractivity contribution in [3.05, 3.63) is 64.1 Å². The van der Waals surface area contributed by atoms with E-state index in [1.54, 1.807) is 42.9 Å². The fourth-order valence-electron chi connectivity index (χ4n) is 4.09. The summed E-state index contributed by atoms with van der Waals surface area (Å²) >= 11 is 0. The van der Waals surface area contributed by atoms with Gasteiger partial charge < -0.3 is 19.5 Å². The molecule has 1 saturated heterocycles. The third-order valence-corrected chi connectivity index (χ3v) is 7.97. The molecule has 12 heteroatoms. The number of hydrogen-bond acceptors (Lipinski definition) is 7. The van der Waals surface area contributed by atoms with Crippen LogP contribution in [0, 0.1) is 6.92 Å². The summed E-state index contributed by atoms with van der Waals surface area (Å²) in [6, 6.07) is 11.6. The minimum Gasteiger partial charge on any atom is -0.493 e. The van der Waals surface area contributed by atoms with Crippen molar-refractivity contribution in [3.63, 3.8) is 0 Å². The normalized spacial score (nSPS) is 14.4. The van der Waals surface area contributed by atoms with Gasteiger partial charge in [0.25, 0.3) is 11.5 Å². The number of ether oxygens (including phenoxy) is 3. The maximum Gasteiger partial charge on any atom is 0.295 e. The smallest absolute Gasteiger partial charge is 0.295 e. The van der Waals surface area contributed by atoms with Gasteiger partial charge >= 0.3 is 0 Å². The second kappa shape index (κ2) is 10.2. The predicted molar refractivity (Wildman–Crippen MR) is 133 cm³/mol. The quantitative estimate of drug-likeness (QED) is 0.508. The predicted octanol–water partition coefficient (Wildman–Crippen LogP) is 1.77. The van der Waals surface area contributed by atoms with Gasteiger partial charge in [-0.1, -0.05) is 18.2 Å². The van der Waals surface area contributed by atoms with Gasteiger partial charge in [0.15, 0.2) is 11.5 Å². The molecule has 0 atom stereocenters. The van der Waals surface area contributed by atoms with Gasteiger partial charge in [-0.25, -0.2) is 13.1 Å². The number of rotatable bonds is 7. The summed E-state index contributed by atoms with van der Waals surface area (Å²) in [5.41, 5.74) is 0.690. The first-order chi connectivity index (χ1) is 17.2. The van der Waals surface area contributed by atoms with Crippen LogP contribution in [0.5, 0.6) is 11.5 Å². The number of benzene rings is 2. The van der Waals surface area contributed by atoms with E-state index in [1.165, 1.54) is 35.3 Å². The summed E-state index contributed by atoms with van der Waals surface area (Å²) < 4.78 is 46.9. The zero-order valence-electron chi connectivity index (χ0n) is 20.5. The number of para-hydroxylation sites is 1. The number of amides is 1. The lowest BCUT2D eigenvalue weighted by molar-refractivity contribution is 0.0730. The van der Waals surface area contributed by atoms with Crippen molar-refractivity contribution in [1.82, 2.24) is 13.7 Å². The van der Waals surface area contributed by atoms with Crippen molar-refractivity contribution in [2.75, 3.05) is 45.8 Å². The van der Waals surface area contributed by atoms with E-state index in [0.717, 1.165) is 0 Å². The number of nitrogens with zero attached hydrogens (tertiary/aromatic N) is 3. The van der Waals surface area contributed by atoms with E-state index in [-0.39, 0.29) is 53.9 Å². The van der Waals surface area contributed by atoms with Crippen molar-refractivity contribution >= 4 is 21.6 Å². The van der Waals surface area contributed by atoms with Crippen LogP contribution in [0.1, 0.15) is 16.1 Å². The first kappa shape index (κ1) is 25.5. The van der Waals surface area contributed by atoms with Gasteiger partial charge in [-0.3, -0.25) is 14.3 Å². The number of anilines is 1. The van der Waals surface area contributed by atoms with Gasteiger partial charge in [-0.2, -0.15) is 4.31 Å². The zero-order valence-corrected chi connectivity index (χ0v) is 21.3. The Kier molecular flexibility index (Phi) is 7.20. The Labute approximate surface area is 208 Å². The minimum atomic E-state index is -3.94. The molecule has 0 unspecified atom stereocenters. The molecule has 1 fully saturated rings. The fourth-order valence-corrected chi connectivity index (χ4v) is 5.54. The number of hydrogen-bond donors (Lipinski definition) is 1. The number of aromatic nitrogens is 2. The van der Waals surface area contributed by atoms with Crippen LogP contribution in [0.3, 0.4) is 0 Å². The lowest BCUT2D eigenvalue weighted by atomic mass is 10.1. The van der Waals surface area contributed by atoms with Crippen molar-refractivity contribution in [2.24, 2.45) is 7.05 Å². The van der Waals surface area contributed by atoms with E-state index < -0.39 is 21.5 Å². The van der Waals surface area contributed by atoms with Crippen LogP contribution in [0.15, 0.2) is 52.2 Å². The highest BCUT2D eigenvalue weighted by atomic mass is 32.2. The Balaban J connectivity index is 1.77. The maximum atomic E-state index is 13.4. The van der Waals surface area contributed by atoms with Crippen LogP contribution in [0.25, 0.3) is 5.69 Å². The first-order valence-corrected chi connectivity index (χ1v) is 12.6. The van der Waals surface area contributed by atoms with Crippen LogP contribution in [-0.4, -0.2) is 68.5 Å². The summed E-state index contributed by atoms with van der Waals surface area (Å²) in [5, 5.41) is 2.65. The molecule has 3 aromatic rings. The van der Waals surface area contributed by atoms with Gasteiger partial charge in [-0.15, -0.1) is 0 Å². The highest BCUT2D eigenvalue weighted by Crippen LogP contribution is 2.35. The Morgan fingerprint density at radius 2 is 1.72 bits per heavy atom. The van der Waals surface area contributed by atoms with Crippen LogP contribution in [-0.2, 0) is 21.8 Å². The summed E-state index contributed by atoms with van der Waals surface area (Å²) in [6.07, 6.45) is 0. The summed E-state index contributed by atoms with van der Waals surface area (Å²) in [6.45, 7) is 2.65. The summed E-state index contributed by atoms with van der Waals surface area (Å²) in [7, 11) is 0.471. The van der Waals surface area contributed by atoms with Crippen LogP contribution in [0.2, 0.25) is 0 Å². The molecule has 11 nitrogen and oxygen atoms in total. The summed E-state index contributed by atoms with van der Waals surface area (Å²) in [4.78, 5) is 26.6. The monoisotopic (exact) mass is 516 g/mol. The molecule has 0 bridgehead atoms. The molecule has 1 aromatic heterocycles. The van der Waals surface area contributed by atoms with Crippen molar-refractivity contribution in [1.29, 1.82) is 0 Å². The van der Waals surface area contributed by atoms with Gasteiger partial charge in [0, 0.05) is 26.2 Å². The van der Waals surface area contributed by atoms with Crippen molar-refractivity contribution in [3.8, 4) is 17.2 Å². The van der Waals surface area contributed by atoms with E-state index in [9.17, 15) is 18.0 Å². The maximum absolute atomic E-state index is 13.4. The molecule has 4 rings (SSSR count). The Bertz CT molecular complexity index is 1440. The SMILES string of the molecule is COc1cc(S(=O)(=O)N2CCOCC2)cc(C(=O)Nc2c(C)n(C)n(-c3ccccc3)c2=O)c1OC. The number of carbonyl (C=O) groups excluding carboxylic acids is 1. The van der Waals surface area contributed by atoms with Crippen LogP contribution >= 0.6 is 0 Å². The van der Waals surface area contributed by atoms with E-state index in [4.69, 9.17) is 14.2 Å². The topological polar surface area (TPSA) is 121 Å². The molecule has 0 spiro atoms. The molecular formula is C24H28N4O7S. The number of carbonyl (C=O) groups is 1. The van der Waals surface area contributed by atoms with Crippen molar-refractivity contribution < 1.29 is 27.4 Å². The average Bonchev–Trinajstić information content (AvgIpc) is 3.11. The Morgan fingerprint density at radius 3 is 2.33 bits per heavy atom. The van der Waals surface area contributed by atoms with E-state index >= 15 is 0 Å². The molecule has 0 radical (unpaired) electrons. The molecule has 1 amide bonds. The first-order valence-electron chi connectivity index (χ1n) is 11.2. The molecule has 1 aliphatic rings. The lowest BCUT2D eigenvalue weighted by Gasteiger charge is -2.26.